The predicted molar refractivity (Wildman–Crippen MR) is 90.9 cm³/mol. The molecule has 0 aliphatic rings. The van der Waals surface area contributed by atoms with Gasteiger partial charge in [0, 0.05) is 15.8 Å². The first kappa shape index (κ1) is 13.7. The van der Waals surface area contributed by atoms with Gasteiger partial charge in [0.2, 0.25) is 5.88 Å². The SMILES string of the molecule is Oc1[nH]c2ccccc2c1N=Nc1ccc2cc(Cl)ccc2n1. The number of aromatic nitrogens is 2. The van der Waals surface area contributed by atoms with E-state index in [1.807, 2.05) is 42.5 Å². The van der Waals surface area contributed by atoms with Crippen molar-refractivity contribution in [1.82, 2.24) is 9.97 Å². The maximum atomic E-state index is 9.97. The highest BCUT2D eigenvalue weighted by atomic mass is 35.5. The molecule has 0 saturated heterocycles. The highest BCUT2D eigenvalue weighted by Gasteiger charge is 2.09. The lowest BCUT2D eigenvalue weighted by Gasteiger charge is -1.98. The maximum absolute atomic E-state index is 9.97. The van der Waals surface area contributed by atoms with E-state index in [2.05, 4.69) is 20.2 Å². The number of hydrogen-bond acceptors (Lipinski definition) is 4. The molecule has 2 aromatic carbocycles. The van der Waals surface area contributed by atoms with E-state index in [1.54, 1.807) is 12.1 Å². The number of nitrogens with zero attached hydrogens (tertiary/aromatic N) is 3. The van der Waals surface area contributed by atoms with Gasteiger partial charge < -0.3 is 10.1 Å². The molecule has 0 fully saturated rings. The van der Waals surface area contributed by atoms with Crippen molar-refractivity contribution in [2.75, 3.05) is 0 Å². The Hall–Kier alpha value is -2.92. The third-order valence-corrected chi connectivity index (χ3v) is 3.78. The van der Waals surface area contributed by atoms with Gasteiger partial charge in [0.25, 0.3) is 0 Å². The fourth-order valence-electron chi connectivity index (χ4n) is 2.46. The Morgan fingerprint density at radius 3 is 2.78 bits per heavy atom. The molecule has 2 N–H and O–H groups in total. The molecule has 0 unspecified atom stereocenters. The number of aromatic hydroxyl groups is 1. The van der Waals surface area contributed by atoms with Crippen molar-refractivity contribution in [2.45, 2.75) is 0 Å². The van der Waals surface area contributed by atoms with E-state index in [0.29, 0.717) is 16.5 Å². The van der Waals surface area contributed by atoms with Gasteiger partial charge in [-0.05, 0) is 36.4 Å². The molecule has 0 radical (unpaired) electrons. The zero-order valence-electron chi connectivity index (χ0n) is 11.9. The number of pyridine rings is 1. The Morgan fingerprint density at radius 2 is 1.87 bits per heavy atom. The lowest BCUT2D eigenvalue weighted by Crippen LogP contribution is -1.78. The molecule has 0 saturated carbocycles. The minimum Gasteiger partial charge on any atom is -0.493 e. The van der Waals surface area contributed by atoms with Gasteiger partial charge in [-0.25, -0.2) is 4.98 Å². The maximum Gasteiger partial charge on any atom is 0.218 e. The molecule has 0 amide bonds. The van der Waals surface area contributed by atoms with Crippen molar-refractivity contribution in [2.24, 2.45) is 10.2 Å². The molecule has 112 valence electrons. The van der Waals surface area contributed by atoms with Crippen LogP contribution in [0.2, 0.25) is 5.02 Å². The van der Waals surface area contributed by atoms with Crippen LogP contribution in [-0.4, -0.2) is 15.1 Å². The summed E-state index contributed by atoms with van der Waals surface area (Å²) in [4.78, 5) is 7.28. The second-order valence-electron chi connectivity index (χ2n) is 5.07. The normalized spacial score (nSPS) is 11.7. The molecule has 4 rings (SSSR count). The number of azo groups is 1. The highest BCUT2D eigenvalue weighted by Crippen LogP contribution is 2.36. The average molecular weight is 323 g/mol. The second kappa shape index (κ2) is 5.37. The summed E-state index contributed by atoms with van der Waals surface area (Å²) in [6.07, 6.45) is 0. The Balaban J connectivity index is 1.75. The summed E-state index contributed by atoms with van der Waals surface area (Å²) in [5.74, 6) is 0.451. The van der Waals surface area contributed by atoms with Crippen LogP contribution in [0, 0.1) is 0 Å². The molecule has 0 aliphatic carbocycles. The minimum absolute atomic E-state index is 0.0116. The summed E-state index contributed by atoms with van der Waals surface area (Å²) in [5.41, 5.74) is 1.99. The van der Waals surface area contributed by atoms with Crippen molar-refractivity contribution >= 4 is 44.9 Å². The largest absolute Gasteiger partial charge is 0.493 e. The number of hydrogen-bond donors (Lipinski definition) is 2. The monoisotopic (exact) mass is 322 g/mol. The molecular formula is C17H11ClN4O. The standard InChI is InChI=1S/C17H11ClN4O/c18-11-6-7-13-10(9-11)5-8-15(19-13)21-22-16-12-3-1-2-4-14(12)20-17(16)23/h1-9,20,23H. The highest BCUT2D eigenvalue weighted by molar-refractivity contribution is 6.31. The predicted octanol–water partition coefficient (Wildman–Crippen LogP) is 5.49. The van der Waals surface area contributed by atoms with Crippen LogP contribution in [0.25, 0.3) is 21.8 Å². The summed E-state index contributed by atoms with van der Waals surface area (Å²) in [6.45, 7) is 0. The Kier molecular flexibility index (Phi) is 3.20. The van der Waals surface area contributed by atoms with Gasteiger partial charge in [-0.1, -0.05) is 29.8 Å². The van der Waals surface area contributed by atoms with Crippen molar-refractivity contribution in [1.29, 1.82) is 0 Å². The summed E-state index contributed by atoms with van der Waals surface area (Å²) in [6, 6.07) is 16.6. The third-order valence-electron chi connectivity index (χ3n) is 3.55. The number of halogens is 1. The minimum atomic E-state index is -0.0116. The van der Waals surface area contributed by atoms with Gasteiger partial charge in [0.1, 0.15) is 0 Å². The number of aromatic amines is 1. The molecule has 6 heteroatoms. The van der Waals surface area contributed by atoms with Crippen LogP contribution < -0.4 is 0 Å². The van der Waals surface area contributed by atoms with E-state index < -0.39 is 0 Å². The average Bonchev–Trinajstić information content (AvgIpc) is 2.88. The van der Waals surface area contributed by atoms with Crippen LogP contribution in [0.5, 0.6) is 5.88 Å². The Labute approximate surface area is 136 Å². The van der Waals surface area contributed by atoms with Crippen LogP contribution in [0.3, 0.4) is 0 Å². The van der Waals surface area contributed by atoms with Crippen molar-refractivity contribution in [3.63, 3.8) is 0 Å². The molecule has 4 aromatic rings. The van der Waals surface area contributed by atoms with E-state index in [1.165, 1.54) is 0 Å². The first-order valence-electron chi connectivity index (χ1n) is 6.98. The third kappa shape index (κ3) is 2.51. The van der Waals surface area contributed by atoms with Gasteiger partial charge in [0.05, 0.1) is 11.0 Å². The van der Waals surface area contributed by atoms with Gasteiger partial charge in [-0.2, -0.15) is 0 Å². The number of benzene rings is 2. The molecule has 2 heterocycles. The summed E-state index contributed by atoms with van der Waals surface area (Å²) >= 11 is 5.96. The van der Waals surface area contributed by atoms with Gasteiger partial charge in [0.15, 0.2) is 11.5 Å². The number of fused-ring (bicyclic) bond motifs is 2. The lowest BCUT2D eigenvalue weighted by molar-refractivity contribution is 0.459. The van der Waals surface area contributed by atoms with Crippen LogP contribution in [0.4, 0.5) is 11.5 Å². The van der Waals surface area contributed by atoms with E-state index in [0.717, 1.165) is 21.8 Å². The van der Waals surface area contributed by atoms with Crippen molar-refractivity contribution in [3.8, 4) is 5.88 Å². The molecule has 0 bridgehead atoms. The molecule has 2 aromatic heterocycles. The first-order valence-corrected chi connectivity index (χ1v) is 7.36. The second-order valence-corrected chi connectivity index (χ2v) is 5.51. The Morgan fingerprint density at radius 1 is 1.00 bits per heavy atom. The topological polar surface area (TPSA) is 73.6 Å². The number of rotatable bonds is 2. The zero-order chi connectivity index (χ0) is 15.8. The van der Waals surface area contributed by atoms with Crippen molar-refractivity contribution < 1.29 is 5.11 Å². The quantitative estimate of drug-likeness (QED) is 0.479. The lowest BCUT2D eigenvalue weighted by atomic mass is 10.2. The van der Waals surface area contributed by atoms with E-state index >= 15 is 0 Å². The zero-order valence-corrected chi connectivity index (χ0v) is 12.6. The van der Waals surface area contributed by atoms with Crippen molar-refractivity contribution in [3.05, 3.63) is 59.6 Å². The van der Waals surface area contributed by atoms with Crippen LogP contribution >= 0.6 is 11.6 Å². The fraction of sp³-hybridized carbons (Fsp3) is 0. The molecule has 23 heavy (non-hydrogen) atoms. The number of para-hydroxylation sites is 1. The van der Waals surface area contributed by atoms with Crippen LogP contribution in [0.1, 0.15) is 0 Å². The molecular weight excluding hydrogens is 312 g/mol. The first-order chi connectivity index (χ1) is 11.2. The van der Waals surface area contributed by atoms with Gasteiger partial charge in [-0.15, -0.1) is 10.2 Å². The molecule has 0 atom stereocenters. The van der Waals surface area contributed by atoms with Gasteiger partial charge in [-0.3, -0.25) is 0 Å². The molecule has 5 nitrogen and oxygen atoms in total. The van der Waals surface area contributed by atoms with Gasteiger partial charge >= 0.3 is 0 Å². The smallest absolute Gasteiger partial charge is 0.218 e. The molecule has 0 spiro atoms. The summed E-state index contributed by atoms with van der Waals surface area (Å²) in [7, 11) is 0. The van der Waals surface area contributed by atoms with Crippen LogP contribution in [0.15, 0.2) is 64.8 Å². The molecule has 0 aliphatic heterocycles. The summed E-state index contributed by atoms with van der Waals surface area (Å²) in [5, 5.41) is 20.7. The van der Waals surface area contributed by atoms with E-state index in [-0.39, 0.29) is 5.88 Å². The number of nitrogens with one attached hydrogen (secondary N) is 1. The Bertz CT molecular complexity index is 1060. The summed E-state index contributed by atoms with van der Waals surface area (Å²) < 4.78 is 0. The van der Waals surface area contributed by atoms with E-state index in [4.69, 9.17) is 11.6 Å². The fourth-order valence-corrected chi connectivity index (χ4v) is 2.64. The number of H-pyrrole nitrogens is 1. The van der Waals surface area contributed by atoms with E-state index in [9.17, 15) is 5.11 Å². The van der Waals surface area contributed by atoms with Crippen LogP contribution in [-0.2, 0) is 0 Å².